The minimum atomic E-state index is -1.20. The van der Waals surface area contributed by atoms with Gasteiger partial charge in [-0.2, -0.15) is 0 Å². The molecule has 0 aromatic carbocycles. The molecule has 0 rings (SSSR count). The summed E-state index contributed by atoms with van der Waals surface area (Å²) in [4.78, 5) is 44.8. The van der Waals surface area contributed by atoms with Crippen LogP contribution in [0.2, 0.25) is 0 Å². The maximum atomic E-state index is 11.9. The molecule has 0 heterocycles. The Kier molecular flexibility index (Phi) is 10.3. The van der Waals surface area contributed by atoms with Gasteiger partial charge in [0.1, 0.15) is 18.6 Å². The van der Waals surface area contributed by atoms with Crippen LogP contribution in [0.3, 0.4) is 0 Å². The van der Waals surface area contributed by atoms with E-state index < -0.39 is 42.4 Å². The minimum absolute atomic E-state index is 0.0421. The number of carbonyl (C=O) groups is 4. The molecule has 0 saturated heterocycles. The second-order valence-electron chi connectivity index (χ2n) is 5.21. The molecule has 0 aliphatic carbocycles. The number of nitrogens with one attached hydrogen (secondary N) is 2. The molecule has 0 bridgehead atoms. The average molecular weight is 331 g/mol. The van der Waals surface area contributed by atoms with Crippen LogP contribution < -0.4 is 16.4 Å². The van der Waals surface area contributed by atoms with Crippen molar-refractivity contribution in [2.75, 3.05) is 6.54 Å². The Hall–Kier alpha value is -2.16. The summed E-state index contributed by atoms with van der Waals surface area (Å²) >= 11 is 0. The zero-order valence-electron chi connectivity index (χ0n) is 13.2. The molecule has 0 saturated carbocycles. The number of unbranched alkanes of at least 4 members (excludes halogenated alkanes) is 2. The van der Waals surface area contributed by atoms with Gasteiger partial charge in [-0.1, -0.05) is 26.2 Å². The normalized spacial score (nSPS) is 13.0. The van der Waals surface area contributed by atoms with E-state index in [2.05, 4.69) is 10.6 Å². The van der Waals surface area contributed by atoms with Gasteiger partial charge in [0.2, 0.25) is 11.8 Å². The van der Waals surface area contributed by atoms with E-state index in [4.69, 9.17) is 15.9 Å². The van der Waals surface area contributed by atoms with Gasteiger partial charge in [0.05, 0.1) is 0 Å². The Morgan fingerprint density at radius 3 is 2.26 bits per heavy atom. The zero-order chi connectivity index (χ0) is 17.8. The lowest BCUT2D eigenvalue weighted by Gasteiger charge is -2.18. The van der Waals surface area contributed by atoms with Gasteiger partial charge in [-0.25, -0.2) is 0 Å². The van der Waals surface area contributed by atoms with Crippen molar-refractivity contribution in [1.82, 2.24) is 10.6 Å². The Balaban J connectivity index is 4.48. The number of nitrogens with two attached hydrogens (primary N) is 1. The Morgan fingerprint density at radius 1 is 1.09 bits per heavy atom. The molecule has 132 valence electrons. The van der Waals surface area contributed by atoms with Crippen molar-refractivity contribution in [2.24, 2.45) is 5.73 Å². The summed E-state index contributed by atoms with van der Waals surface area (Å²) in [5.74, 6) is -3.44. The molecule has 9 nitrogen and oxygen atoms in total. The van der Waals surface area contributed by atoms with Crippen LogP contribution >= 0.6 is 0 Å². The number of hydrogen-bond donors (Lipinski definition) is 5. The van der Waals surface area contributed by atoms with Gasteiger partial charge in [0.25, 0.3) is 0 Å². The number of aliphatic carboxylic acids is 2. The standard InChI is InChI=1S/C14H25N3O6/c1-2-3-4-5-10(13(21)16-8-12(19)20)17-11(18)7-6-9(15)14(22)23/h9-10H,2-8,15H2,1H3,(H,16,21)(H,17,18)(H,19,20)(H,22,23). The average Bonchev–Trinajstić information content (AvgIpc) is 2.49. The first-order valence-electron chi connectivity index (χ1n) is 7.55. The Bertz CT molecular complexity index is 427. The fraction of sp³-hybridized carbons (Fsp3) is 0.714. The molecule has 0 aliphatic heterocycles. The number of hydrogen-bond acceptors (Lipinski definition) is 5. The van der Waals surface area contributed by atoms with E-state index >= 15 is 0 Å². The predicted molar refractivity (Wildman–Crippen MR) is 81.6 cm³/mol. The van der Waals surface area contributed by atoms with Crippen molar-refractivity contribution in [3.05, 3.63) is 0 Å². The fourth-order valence-electron chi connectivity index (χ4n) is 1.83. The summed E-state index contributed by atoms with van der Waals surface area (Å²) in [5, 5.41) is 21.9. The highest BCUT2D eigenvalue weighted by molar-refractivity contribution is 5.89. The molecule has 9 heteroatoms. The summed E-state index contributed by atoms with van der Waals surface area (Å²) in [5.41, 5.74) is 5.31. The van der Waals surface area contributed by atoms with Crippen molar-refractivity contribution >= 4 is 23.8 Å². The van der Waals surface area contributed by atoms with E-state index in [1.807, 2.05) is 6.92 Å². The number of rotatable bonds is 12. The topological polar surface area (TPSA) is 159 Å². The van der Waals surface area contributed by atoms with Crippen LogP contribution in [0.15, 0.2) is 0 Å². The molecule has 0 fully saturated rings. The highest BCUT2D eigenvalue weighted by Gasteiger charge is 2.21. The van der Waals surface area contributed by atoms with Gasteiger partial charge in [0.15, 0.2) is 0 Å². The van der Waals surface area contributed by atoms with Crippen molar-refractivity contribution in [3.63, 3.8) is 0 Å². The summed E-state index contributed by atoms with van der Waals surface area (Å²) < 4.78 is 0. The first-order valence-corrected chi connectivity index (χ1v) is 7.55. The summed E-state index contributed by atoms with van der Waals surface area (Å²) in [7, 11) is 0. The third-order valence-corrected chi connectivity index (χ3v) is 3.16. The van der Waals surface area contributed by atoms with Crippen LogP contribution in [-0.2, 0) is 19.2 Å². The second kappa shape index (κ2) is 11.4. The molecular weight excluding hydrogens is 306 g/mol. The molecular formula is C14H25N3O6. The molecule has 0 aromatic rings. The number of carboxylic acid groups (broad SMARTS) is 2. The first-order chi connectivity index (χ1) is 10.8. The van der Waals surface area contributed by atoms with E-state index in [0.717, 1.165) is 12.8 Å². The van der Waals surface area contributed by atoms with E-state index in [1.165, 1.54) is 0 Å². The van der Waals surface area contributed by atoms with Gasteiger partial charge in [-0.3, -0.25) is 19.2 Å². The largest absolute Gasteiger partial charge is 0.480 e. The van der Waals surface area contributed by atoms with Crippen molar-refractivity contribution in [2.45, 2.75) is 57.5 Å². The smallest absolute Gasteiger partial charge is 0.322 e. The number of amides is 2. The highest BCUT2D eigenvalue weighted by Crippen LogP contribution is 2.05. The first kappa shape index (κ1) is 20.8. The van der Waals surface area contributed by atoms with E-state index in [-0.39, 0.29) is 12.8 Å². The van der Waals surface area contributed by atoms with Crippen LogP contribution in [-0.4, -0.2) is 52.6 Å². The molecule has 23 heavy (non-hydrogen) atoms. The van der Waals surface area contributed by atoms with Crippen LogP contribution in [0.1, 0.15) is 45.4 Å². The molecule has 2 amide bonds. The molecule has 0 radical (unpaired) electrons. The van der Waals surface area contributed by atoms with Gasteiger partial charge in [-0.05, 0) is 12.8 Å². The monoisotopic (exact) mass is 331 g/mol. The minimum Gasteiger partial charge on any atom is -0.480 e. The number of carbonyl (C=O) groups excluding carboxylic acids is 2. The van der Waals surface area contributed by atoms with Gasteiger partial charge in [0, 0.05) is 6.42 Å². The van der Waals surface area contributed by atoms with Crippen LogP contribution in [0.4, 0.5) is 0 Å². The summed E-state index contributed by atoms with van der Waals surface area (Å²) in [6.45, 7) is 1.47. The zero-order valence-corrected chi connectivity index (χ0v) is 13.2. The molecule has 0 spiro atoms. The van der Waals surface area contributed by atoms with Crippen molar-refractivity contribution in [1.29, 1.82) is 0 Å². The van der Waals surface area contributed by atoms with E-state index in [1.54, 1.807) is 0 Å². The van der Waals surface area contributed by atoms with Crippen molar-refractivity contribution in [3.8, 4) is 0 Å². The highest BCUT2D eigenvalue weighted by atomic mass is 16.4. The molecule has 2 unspecified atom stereocenters. The van der Waals surface area contributed by atoms with Crippen molar-refractivity contribution < 1.29 is 29.4 Å². The third-order valence-electron chi connectivity index (χ3n) is 3.16. The van der Waals surface area contributed by atoms with E-state index in [9.17, 15) is 19.2 Å². The van der Waals surface area contributed by atoms with Crippen LogP contribution in [0, 0.1) is 0 Å². The Labute approximate surface area is 134 Å². The third kappa shape index (κ3) is 10.2. The Morgan fingerprint density at radius 2 is 1.74 bits per heavy atom. The van der Waals surface area contributed by atoms with Crippen LogP contribution in [0.5, 0.6) is 0 Å². The maximum absolute atomic E-state index is 11.9. The quantitative estimate of drug-likeness (QED) is 0.300. The lowest BCUT2D eigenvalue weighted by Crippen LogP contribution is -2.48. The second-order valence-corrected chi connectivity index (χ2v) is 5.21. The van der Waals surface area contributed by atoms with E-state index in [0.29, 0.717) is 12.8 Å². The molecule has 0 aromatic heterocycles. The lowest BCUT2D eigenvalue weighted by atomic mass is 10.1. The number of carboxylic acids is 2. The lowest BCUT2D eigenvalue weighted by molar-refractivity contribution is -0.139. The SMILES string of the molecule is CCCCCC(NC(=O)CCC(N)C(=O)O)C(=O)NCC(=O)O. The van der Waals surface area contributed by atoms with Gasteiger partial charge >= 0.3 is 11.9 Å². The fourth-order valence-corrected chi connectivity index (χ4v) is 1.83. The van der Waals surface area contributed by atoms with Crippen LogP contribution in [0.25, 0.3) is 0 Å². The molecule has 2 atom stereocenters. The predicted octanol–water partition coefficient (Wildman–Crippen LogP) is -0.556. The van der Waals surface area contributed by atoms with Gasteiger partial charge in [-0.15, -0.1) is 0 Å². The summed E-state index contributed by atoms with van der Waals surface area (Å²) in [6, 6.07) is -1.98. The van der Waals surface area contributed by atoms with Gasteiger partial charge < -0.3 is 26.6 Å². The molecule has 6 N–H and O–H groups in total. The maximum Gasteiger partial charge on any atom is 0.322 e. The molecule has 0 aliphatic rings. The summed E-state index contributed by atoms with van der Waals surface area (Å²) in [6.07, 6.45) is 2.74.